The zero-order valence-corrected chi connectivity index (χ0v) is 10.7. The van der Waals surface area contributed by atoms with Crippen LogP contribution in [0, 0.1) is 3.57 Å². The van der Waals surface area contributed by atoms with Gasteiger partial charge in [0.1, 0.15) is 0 Å². The highest BCUT2D eigenvalue weighted by Crippen LogP contribution is 2.26. The van der Waals surface area contributed by atoms with E-state index < -0.39 is 0 Å². The van der Waals surface area contributed by atoms with Crippen LogP contribution in [0.5, 0.6) is 0 Å². The van der Waals surface area contributed by atoms with Gasteiger partial charge in [0, 0.05) is 9.77 Å². The second kappa shape index (κ2) is 3.94. The van der Waals surface area contributed by atoms with Crippen LogP contribution in [0.3, 0.4) is 0 Å². The van der Waals surface area contributed by atoms with Crippen molar-refractivity contribution in [1.82, 2.24) is 4.98 Å². The van der Waals surface area contributed by atoms with Crippen LogP contribution in [0.1, 0.15) is 0 Å². The highest BCUT2D eigenvalue weighted by Gasteiger charge is 2.04. The fourth-order valence-electron chi connectivity index (χ4n) is 1.92. The highest BCUT2D eigenvalue weighted by atomic mass is 127. The average molecular weight is 319 g/mol. The lowest BCUT2D eigenvalue weighted by Crippen LogP contribution is -1.80. The Morgan fingerprint density at radius 3 is 2.44 bits per heavy atom. The van der Waals surface area contributed by atoms with Gasteiger partial charge in [-0.3, -0.25) is 0 Å². The summed E-state index contributed by atoms with van der Waals surface area (Å²) in [6.07, 6.45) is 1.98. The van der Waals surface area contributed by atoms with E-state index in [0.29, 0.717) is 0 Å². The second-order valence-corrected chi connectivity index (χ2v) is 4.92. The summed E-state index contributed by atoms with van der Waals surface area (Å²) in [5.41, 5.74) is 2.44. The van der Waals surface area contributed by atoms with Crippen molar-refractivity contribution < 1.29 is 0 Å². The zero-order chi connectivity index (χ0) is 11.0. The van der Waals surface area contributed by atoms with E-state index in [9.17, 15) is 0 Å². The van der Waals surface area contributed by atoms with Crippen LogP contribution in [-0.4, -0.2) is 4.98 Å². The predicted octanol–water partition coefficient (Wildman–Crippen LogP) is 4.44. The molecule has 1 nitrogen and oxygen atoms in total. The fourth-order valence-corrected chi connectivity index (χ4v) is 2.56. The minimum atomic E-state index is 1.20. The van der Waals surface area contributed by atoms with E-state index in [2.05, 4.69) is 76.1 Å². The maximum absolute atomic E-state index is 3.28. The van der Waals surface area contributed by atoms with Gasteiger partial charge in [-0.1, -0.05) is 36.4 Å². The summed E-state index contributed by atoms with van der Waals surface area (Å²) in [5, 5.41) is 2.57. The molecule has 0 unspecified atom stereocenters. The number of benzene rings is 2. The first kappa shape index (κ1) is 9.90. The van der Waals surface area contributed by atoms with Gasteiger partial charge < -0.3 is 4.98 Å². The van der Waals surface area contributed by atoms with Gasteiger partial charge in [-0.05, 0) is 51.1 Å². The standard InChI is InChI=1S/C14H10IN/c15-13-7-8-16-14(13)12-6-5-10-3-1-2-4-11(10)9-12/h1-9,16H. The van der Waals surface area contributed by atoms with Crippen LogP contribution in [0.15, 0.2) is 54.7 Å². The Morgan fingerprint density at radius 2 is 1.69 bits per heavy atom. The van der Waals surface area contributed by atoms with Crippen molar-refractivity contribution in [2.75, 3.05) is 0 Å². The maximum atomic E-state index is 3.28. The summed E-state index contributed by atoms with van der Waals surface area (Å²) in [5.74, 6) is 0. The Bertz CT molecular complexity index is 640. The lowest BCUT2D eigenvalue weighted by atomic mass is 10.1. The molecule has 0 spiro atoms. The molecular weight excluding hydrogens is 309 g/mol. The summed E-state index contributed by atoms with van der Waals surface area (Å²) in [6.45, 7) is 0. The molecule has 0 saturated heterocycles. The molecule has 0 radical (unpaired) electrons. The molecule has 2 aromatic carbocycles. The first-order valence-electron chi connectivity index (χ1n) is 5.17. The Labute approximate surface area is 108 Å². The molecule has 16 heavy (non-hydrogen) atoms. The quantitative estimate of drug-likeness (QED) is 0.638. The third-order valence-electron chi connectivity index (χ3n) is 2.73. The highest BCUT2D eigenvalue weighted by molar-refractivity contribution is 14.1. The molecule has 0 aliphatic heterocycles. The molecule has 0 aliphatic rings. The Balaban J connectivity index is 2.23. The number of hydrogen-bond acceptors (Lipinski definition) is 0. The van der Waals surface area contributed by atoms with Crippen LogP contribution in [0.2, 0.25) is 0 Å². The molecule has 1 aromatic heterocycles. The number of hydrogen-bond donors (Lipinski definition) is 1. The molecule has 1 heterocycles. The molecule has 0 saturated carbocycles. The molecule has 0 fully saturated rings. The van der Waals surface area contributed by atoms with Crippen molar-refractivity contribution in [1.29, 1.82) is 0 Å². The first-order chi connectivity index (χ1) is 7.84. The van der Waals surface area contributed by atoms with Crippen molar-refractivity contribution in [3.8, 4) is 11.3 Å². The van der Waals surface area contributed by atoms with Crippen molar-refractivity contribution in [3.05, 3.63) is 58.3 Å². The van der Waals surface area contributed by atoms with Gasteiger partial charge in [0.2, 0.25) is 0 Å². The van der Waals surface area contributed by atoms with E-state index in [0.717, 1.165) is 0 Å². The molecule has 3 rings (SSSR count). The molecular formula is C14H10IN. The van der Waals surface area contributed by atoms with Crippen LogP contribution < -0.4 is 0 Å². The van der Waals surface area contributed by atoms with Crippen molar-refractivity contribution in [2.45, 2.75) is 0 Å². The molecule has 1 N–H and O–H groups in total. The van der Waals surface area contributed by atoms with Crippen LogP contribution >= 0.6 is 22.6 Å². The number of aromatic nitrogens is 1. The first-order valence-corrected chi connectivity index (χ1v) is 6.24. The molecule has 0 atom stereocenters. The minimum absolute atomic E-state index is 1.20. The van der Waals surface area contributed by atoms with E-state index in [1.807, 2.05) is 6.20 Å². The Morgan fingerprint density at radius 1 is 0.875 bits per heavy atom. The van der Waals surface area contributed by atoms with Crippen LogP contribution in [-0.2, 0) is 0 Å². The summed E-state index contributed by atoms with van der Waals surface area (Å²) in [6, 6.07) is 17.1. The molecule has 78 valence electrons. The smallest absolute Gasteiger partial charge is 0.0589 e. The third kappa shape index (κ3) is 1.63. The predicted molar refractivity (Wildman–Crippen MR) is 76.5 cm³/mol. The normalized spacial score (nSPS) is 10.8. The van der Waals surface area contributed by atoms with Gasteiger partial charge in [0.25, 0.3) is 0 Å². The lowest BCUT2D eigenvalue weighted by Gasteiger charge is -2.02. The van der Waals surface area contributed by atoms with E-state index in [1.54, 1.807) is 0 Å². The molecule has 2 heteroatoms. The van der Waals surface area contributed by atoms with Gasteiger partial charge in [-0.25, -0.2) is 0 Å². The number of halogens is 1. The van der Waals surface area contributed by atoms with Gasteiger partial charge in [-0.2, -0.15) is 0 Å². The zero-order valence-electron chi connectivity index (χ0n) is 8.57. The molecule has 0 amide bonds. The van der Waals surface area contributed by atoms with E-state index in [-0.39, 0.29) is 0 Å². The minimum Gasteiger partial charge on any atom is -0.360 e. The monoisotopic (exact) mass is 319 g/mol. The number of nitrogens with one attached hydrogen (secondary N) is 1. The average Bonchev–Trinajstić information content (AvgIpc) is 2.75. The van der Waals surface area contributed by atoms with Crippen LogP contribution in [0.25, 0.3) is 22.0 Å². The van der Waals surface area contributed by atoms with Crippen LogP contribution in [0.4, 0.5) is 0 Å². The SMILES string of the molecule is Ic1cc[nH]c1-c1ccc2ccccc2c1. The largest absolute Gasteiger partial charge is 0.360 e. The second-order valence-electron chi connectivity index (χ2n) is 3.76. The van der Waals surface area contributed by atoms with E-state index in [4.69, 9.17) is 0 Å². The third-order valence-corrected chi connectivity index (χ3v) is 3.63. The summed E-state index contributed by atoms with van der Waals surface area (Å²) >= 11 is 2.35. The Hall–Kier alpha value is -1.29. The van der Waals surface area contributed by atoms with Crippen molar-refractivity contribution in [2.24, 2.45) is 0 Å². The number of rotatable bonds is 1. The molecule has 3 aromatic rings. The number of fused-ring (bicyclic) bond motifs is 1. The summed E-state index contributed by atoms with van der Waals surface area (Å²) in [7, 11) is 0. The van der Waals surface area contributed by atoms with Gasteiger partial charge in [0.05, 0.1) is 5.69 Å². The number of H-pyrrole nitrogens is 1. The topological polar surface area (TPSA) is 15.8 Å². The lowest BCUT2D eigenvalue weighted by molar-refractivity contribution is 1.40. The van der Waals surface area contributed by atoms with Crippen molar-refractivity contribution >= 4 is 33.4 Å². The van der Waals surface area contributed by atoms with Gasteiger partial charge >= 0.3 is 0 Å². The summed E-state index contributed by atoms with van der Waals surface area (Å²) in [4.78, 5) is 3.28. The number of aromatic amines is 1. The van der Waals surface area contributed by atoms with E-state index in [1.165, 1.54) is 25.6 Å². The van der Waals surface area contributed by atoms with Gasteiger partial charge in [0.15, 0.2) is 0 Å². The van der Waals surface area contributed by atoms with Crippen molar-refractivity contribution in [3.63, 3.8) is 0 Å². The van der Waals surface area contributed by atoms with E-state index >= 15 is 0 Å². The fraction of sp³-hybridized carbons (Fsp3) is 0. The Kier molecular flexibility index (Phi) is 2.44. The molecule has 0 bridgehead atoms. The maximum Gasteiger partial charge on any atom is 0.0589 e. The summed E-state index contributed by atoms with van der Waals surface area (Å²) < 4.78 is 1.26. The molecule has 0 aliphatic carbocycles. The van der Waals surface area contributed by atoms with Gasteiger partial charge in [-0.15, -0.1) is 0 Å².